The average molecular weight is 484 g/mol. The Morgan fingerprint density at radius 1 is 0.636 bits per heavy atom. The van der Waals surface area contributed by atoms with Gasteiger partial charge in [0.2, 0.25) is 0 Å². The molecule has 0 saturated carbocycles. The van der Waals surface area contributed by atoms with Gasteiger partial charge in [0.05, 0.1) is 32.3 Å². The molecule has 0 heterocycles. The Morgan fingerprint density at radius 3 is 1.39 bits per heavy atom. The molecule has 0 aliphatic heterocycles. The van der Waals surface area contributed by atoms with Crippen molar-refractivity contribution in [2.75, 3.05) is 21.1 Å². The van der Waals surface area contributed by atoms with E-state index in [2.05, 4.69) is 6.92 Å². The topological polar surface area (TPSA) is 0 Å². The molecular weight excluding hydrogens is 459 g/mol. The van der Waals surface area contributed by atoms with Crippen LogP contribution in [-0.4, -0.2) is 25.6 Å². The minimum atomic E-state index is -4.47. The van der Waals surface area contributed by atoms with E-state index in [-0.39, 0.29) is 6.04 Å². The standard InChI is InChI=1S/C25H25F6NP/c1-17(32(2,3)4)22-7-5-6-8-23(22)33(20-13-9-18(10-14-20)24(26,27)28)21-15-11-19(12-16-21)25(29,30)31/h5-17H,1-4H3/q+1/t17-/m0/s1. The van der Waals surface area contributed by atoms with Crippen LogP contribution >= 0.6 is 7.92 Å². The number of benzene rings is 3. The Balaban J connectivity index is 2.19. The second-order valence-electron chi connectivity index (χ2n) is 8.78. The summed E-state index contributed by atoms with van der Waals surface area (Å²) in [6.45, 7) is 2.06. The van der Waals surface area contributed by atoms with Gasteiger partial charge in [0.25, 0.3) is 0 Å². The van der Waals surface area contributed by atoms with Gasteiger partial charge >= 0.3 is 12.4 Å². The molecular formula is C25H25F6NP+. The summed E-state index contributed by atoms with van der Waals surface area (Å²) in [4.78, 5) is 0. The fourth-order valence-electron chi connectivity index (χ4n) is 3.49. The van der Waals surface area contributed by atoms with Gasteiger partial charge in [-0.2, -0.15) is 26.3 Å². The SMILES string of the molecule is C[C@@H](c1ccccc1P(c1ccc(C(F)(F)F)cc1)c1ccc(C(F)(F)F)cc1)[N+](C)(C)C. The molecule has 0 amide bonds. The lowest BCUT2D eigenvalue weighted by molar-refractivity contribution is -0.900. The van der Waals surface area contributed by atoms with Gasteiger partial charge in [0.15, 0.2) is 0 Å². The molecule has 1 nitrogen and oxygen atoms in total. The number of hydrogen-bond acceptors (Lipinski definition) is 0. The number of halogens is 6. The van der Waals surface area contributed by atoms with Gasteiger partial charge in [-0.15, -0.1) is 0 Å². The first-order valence-electron chi connectivity index (χ1n) is 10.2. The first-order valence-corrected chi connectivity index (χ1v) is 11.6. The van der Waals surface area contributed by atoms with Crippen molar-refractivity contribution in [1.29, 1.82) is 0 Å². The van der Waals surface area contributed by atoms with E-state index in [1.165, 1.54) is 24.3 Å². The Kier molecular flexibility index (Phi) is 6.97. The van der Waals surface area contributed by atoms with Gasteiger partial charge in [0, 0.05) is 5.56 Å². The fraction of sp³-hybridized carbons (Fsp3) is 0.280. The van der Waals surface area contributed by atoms with Crippen LogP contribution in [-0.2, 0) is 12.4 Å². The lowest BCUT2D eigenvalue weighted by atomic mass is 10.1. The van der Waals surface area contributed by atoms with E-state index in [9.17, 15) is 26.3 Å². The van der Waals surface area contributed by atoms with Crippen LogP contribution in [0, 0.1) is 0 Å². The van der Waals surface area contributed by atoms with Crippen molar-refractivity contribution in [3.8, 4) is 0 Å². The predicted octanol–water partition coefficient (Wildman–Crippen LogP) is 6.25. The van der Waals surface area contributed by atoms with E-state index in [1.807, 2.05) is 45.4 Å². The highest BCUT2D eigenvalue weighted by atomic mass is 31.1. The van der Waals surface area contributed by atoms with Crippen molar-refractivity contribution >= 4 is 23.8 Å². The zero-order valence-electron chi connectivity index (χ0n) is 18.7. The second kappa shape index (κ2) is 9.11. The first-order chi connectivity index (χ1) is 15.2. The van der Waals surface area contributed by atoms with Crippen molar-refractivity contribution in [2.24, 2.45) is 0 Å². The van der Waals surface area contributed by atoms with E-state index in [0.29, 0.717) is 15.1 Å². The lowest BCUT2D eigenvalue weighted by Gasteiger charge is -2.34. The summed E-state index contributed by atoms with van der Waals surface area (Å²) < 4.78 is 79.3. The Labute approximate surface area is 191 Å². The van der Waals surface area contributed by atoms with E-state index in [1.54, 1.807) is 0 Å². The molecule has 3 rings (SSSR count). The van der Waals surface area contributed by atoms with Crippen molar-refractivity contribution in [2.45, 2.75) is 25.3 Å². The summed E-state index contributed by atoms with van der Waals surface area (Å²) in [6.07, 6.45) is -8.93. The molecule has 33 heavy (non-hydrogen) atoms. The van der Waals surface area contributed by atoms with E-state index in [4.69, 9.17) is 0 Å². The van der Waals surface area contributed by atoms with Crippen LogP contribution in [0.5, 0.6) is 0 Å². The summed E-state index contributed by atoms with van der Waals surface area (Å²) in [7, 11) is 4.74. The van der Waals surface area contributed by atoms with Gasteiger partial charge in [-0.3, -0.25) is 0 Å². The maximum atomic E-state index is 13.1. The molecule has 0 bridgehead atoms. The summed E-state index contributed by atoms with van der Waals surface area (Å²) in [5, 5.41) is 2.19. The van der Waals surface area contributed by atoms with Crippen LogP contribution < -0.4 is 15.9 Å². The second-order valence-corrected chi connectivity index (χ2v) is 11.0. The van der Waals surface area contributed by atoms with Crippen LogP contribution in [0.1, 0.15) is 29.7 Å². The third-order valence-corrected chi connectivity index (χ3v) is 8.21. The summed E-state index contributed by atoms with van der Waals surface area (Å²) in [6, 6.07) is 17.5. The van der Waals surface area contributed by atoms with E-state index >= 15 is 0 Å². The molecule has 0 saturated heterocycles. The monoisotopic (exact) mass is 484 g/mol. The minimum absolute atomic E-state index is 0.0510. The average Bonchev–Trinajstić information content (AvgIpc) is 2.73. The zero-order valence-corrected chi connectivity index (χ0v) is 19.6. The van der Waals surface area contributed by atoms with Gasteiger partial charge in [0.1, 0.15) is 6.04 Å². The predicted molar refractivity (Wildman–Crippen MR) is 122 cm³/mol. The molecule has 0 aliphatic rings. The molecule has 0 spiro atoms. The Hall–Kier alpha value is -2.37. The third kappa shape index (κ3) is 5.77. The first kappa shape index (κ1) is 25.3. The molecule has 0 aromatic heterocycles. The molecule has 1 atom stereocenters. The molecule has 3 aromatic rings. The molecule has 0 fully saturated rings. The maximum absolute atomic E-state index is 13.1. The van der Waals surface area contributed by atoms with Crippen molar-refractivity contribution in [3.63, 3.8) is 0 Å². The Morgan fingerprint density at radius 2 is 1.03 bits per heavy atom. The maximum Gasteiger partial charge on any atom is 0.416 e. The van der Waals surface area contributed by atoms with Crippen molar-refractivity contribution < 1.29 is 30.8 Å². The summed E-state index contributed by atoms with van der Waals surface area (Å²) >= 11 is 0. The van der Waals surface area contributed by atoms with Crippen LogP contribution in [0.15, 0.2) is 72.8 Å². The number of nitrogens with zero attached hydrogens (tertiary/aromatic N) is 1. The van der Waals surface area contributed by atoms with Crippen LogP contribution in [0.4, 0.5) is 26.3 Å². The summed E-state index contributed by atoms with van der Waals surface area (Å²) in [5.74, 6) is 0. The third-order valence-electron chi connectivity index (χ3n) is 5.70. The van der Waals surface area contributed by atoms with Crippen LogP contribution in [0.25, 0.3) is 0 Å². The highest BCUT2D eigenvalue weighted by Crippen LogP contribution is 2.39. The molecule has 3 aromatic carbocycles. The normalized spacial score (nSPS) is 13.9. The van der Waals surface area contributed by atoms with Crippen LogP contribution in [0.2, 0.25) is 0 Å². The molecule has 0 aliphatic carbocycles. The quantitative estimate of drug-likeness (QED) is 0.228. The smallest absolute Gasteiger partial charge is 0.325 e. The molecule has 176 valence electrons. The zero-order chi connectivity index (χ0) is 24.6. The number of hydrogen-bond donors (Lipinski definition) is 0. The molecule has 0 N–H and O–H groups in total. The van der Waals surface area contributed by atoms with Gasteiger partial charge in [-0.25, -0.2) is 0 Å². The van der Waals surface area contributed by atoms with Crippen molar-refractivity contribution in [3.05, 3.63) is 89.5 Å². The molecule has 0 radical (unpaired) electrons. The molecule has 8 heteroatoms. The Bertz CT molecular complexity index is 1020. The summed E-state index contributed by atoms with van der Waals surface area (Å²) in [5.41, 5.74) is -0.515. The molecule has 0 unspecified atom stereocenters. The lowest BCUT2D eigenvalue weighted by Crippen LogP contribution is -2.39. The highest BCUT2D eigenvalue weighted by Gasteiger charge is 2.33. The van der Waals surface area contributed by atoms with Crippen LogP contribution in [0.3, 0.4) is 0 Å². The van der Waals surface area contributed by atoms with Gasteiger partial charge in [-0.05, 0) is 55.0 Å². The van der Waals surface area contributed by atoms with Crippen molar-refractivity contribution in [1.82, 2.24) is 0 Å². The van der Waals surface area contributed by atoms with E-state index < -0.39 is 31.4 Å². The largest absolute Gasteiger partial charge is 0.416 e. The number of alkyl halides is 6. The number of rotatable bonds is 5. The minimum Gasteiger partial charge on any atom is -0.325 e. The van der Waals surface area contributed by atoms with Gasteiger partial charge in [-0.1, -0.05) is 48.5 Å². The van der Waals surface area contributed by atoms with Gasteiger partial charge < -0.3 is 4.48 Å². The highest BCUT2D eigenvalue weighted by molar-refractivity contribution is 7.79. The fourth-order valence-corrected chi connectivity index (χ4v) is 5.99. The number of quaternary nitrogens is 1. The van der Waals surface area contributed by atoms with E-state index in [0.717, 1.165) is 35.1 Å².